The minimum absolute atomic E-state index is 0.137. The van der Waals surface area contributed by atoms with Crippen LogP contribution in [0.3, 0.4) is 0 Å². The van der Waals surface area contributed by atoms with Crippen LogP contribution < -0.4 is 0 Å². The lowest BCUT2D eigenvalue weighted by molar-refractivity contribution is -0.136. The van der Waals surface area contributed by atoms with E-state index >= 15 is 0 Å². The predicted molar refractivity (Wildman–Crippen MR) is 83.0 cm³/mol. The van der Waals surface area contributed by atoms with E-state index in [9.17, 15) is 9.59 Å². The molecule has 0 aromatic rings. The largest absolute Gasteiger partial charge is 0.340 e. The average Bonchev–Trinajstić information content (AvgIpc) is 2.49. The number of hydrogen-bond donors (Lipinski definition) is 0. The summed E-state index contributed by atoms with van der Waals surface area (Å²) < 4.78 is 0. The highest BCUT2D eigenvalue weighted by atomic mass is 16.2. The van der Waals surface area contributed by atoms with E-state index in [-0.39, 0.29) is 11.8 Å². The van der Waals surface area contributed by atoms with Gasteiger partial charge in [0.1, 0.15) is 0 Å². The Bertz CT molecular complexity index is 359. The number of piperazine rings is 1. The fraction of sp³-hybridized carbons (Fsp3) is 0.875. The van der Waals surface area contributed by atoms with Gasteiger partial charge in [-0.25, -0.2) is 0 Å². The molecule has 2 rings (SSSR count). The molecule has 1 saturated heterocycles. The highest BCUT2D eigenvalue weighted by Crippen LogP contribution is 2.22. The van der Waals surface area contributed by atoms with Crippen LogP contribution in [0.15, 0.2) is 0 Å². The molecule has 0 aromatic heterocycles. The Kier molecular flexibility index (Phi) is 6.03. The minimum atomic E-state index is 0.137. The van der Waals surface area contributed by atoms with E-state index in [1.165, 1.54) is 19.3 Å². The second-order valence-electron chi connectivity index (χ2n) is 6.25. The molecule has 1 saturated carbocycles. The maximum atomic E-state index is 12.6. The molecule has 5 heteroatoms. The summed E-state index contributed by atoms with van der Waals surface area (Å²) in [7, 11) is 0. The molecule has 0 spiro atoms. The average molecular weight is 295 g/mol. The van der Waals surface area contributed by atoms with Crippen molar-refractivity contribution < 1.29 is 9.59 Å². The van der Waals surface area contributed by atoms with Gasteiger partial charge in [0.2, 0.25) is 11.8 Å². The van der Waals surface area contributed by atoms with Crippen molar-refractivity contribution in [1.82, 2.24) is 14.7 Å². The Balaban J connectivity index is 1.81. The predicted octanol–water partition coefficient (Wildman–Crippen LogP) is 1.33. The van der Waals surface area contributed by atoms with Crippen LogP contribution in [0.2, 0.25) is 0 Å². The van der Waals surface area contributed by atoms with E-state index in [2.05, 4.69) is 16.7 Å². The molecule has 2 amide bonds. The van der Waals surface area contributed by atoms with Crippen LogP contribution in [-0.4, -0.2) is 71.8 Å². The van der Waals surface area contributed by atoms with Crippen molar-refractivity contribution in [2.45, 2.75) is 52.0 Å². The van der Waals surface area contributed by atoms with E-state index in [1.54, 1.807) is 6.92 Å². The molecule has 21 heavy (non-hydrogen) atoms. The second kappa shape index (κ2) is 7.78. The van der Waals surface area contributed by atoms with Gasteiger partial charge in [0.05, 0.1) is 6.54 Å². The molecule has 0 aromatic carbocycles. The maximum Gasteiger partial charge on any atom is 0.236 e. The molecular formula is C16H29N3O2. The summed E-state index contributed by atoms with van der Waals surface area (Å²) in [6.45, 7) is 8.15. The maximum absolute atomic E-state index is 12.6. The summed E-state index contributed by atoms with van der Waals surface area (Å²) in [6, 6.07) is 0.453. The molecule has 120 valence electrons. The van der Waals surface area contributed by atoms with E-state index in [0.717, 1.165) is 45.6 Å². The van der Waals surface area contributed by atoms with Gasteiger partial charge in [-0.15, -0.1) is 0 Å². The van der Waals surface area contributed by atoms with Crippen molar-refractivity contribution in [3.8, 4) is 0 Å². The third kappa shape index (κ3) is 4.43. The number of hydrogen-bond acceptors (Lipinski definition) is 3. The van der Waals surface area contributed by atoms with Gasteiger partial charge >= 0.3 is 0 Å². The van der Waals surface area contributed by atoms with Crippen LogP contribution >= 0.6 is 0 Å². The number of likely N-dealkylation sites (N-methyl/N-ethyl adjacent to an activating group) is 1. The minimum Gasteiger partial charge on any atom is -0.340 e. The molecule has 1 heterocycles. The van der Waals surface area contributed by atoms with Crippen molar-refractivity contribution in [2.24, 2.45) is 0 Å². The third-order valence-corrected chi connectivity index (χ3v) is 4.85. The molecule has 1 aliphatic carbocycles. The fourth-order valence-electron chi connectivity index (χ4n) is 3.53. The standard InChI is InChI=1S/C16H29N3O2/c1-3-19(15-7-5-4-6-8-15)16(21)13-17-9-11-18(12-10-17)14(2)20/h15H,3-13H2,1-2H3. The Morgan fingerprint density at radius 3 is 2.19 bits per heavy atom. The molecule has 0 atom stereocenters. The zero-order chi connectivity index (χ0) is 15.2. The van der Waals surface area contributed by atoms with E-state index < -0.39 is 0 Å². The van der Waals surface area contributed by atoms with Crippen LogP contribution in [0.25, 0.3) is 0 Å². The van der Waals surface area contributed by atoms with Crippen LogP contribution in [0.1, 0.15) is 46.0 Å². The van der Waals surface area contributed by atoms with Crippen LogP contribution in [0.4, 0.5) is 0 Å². The lowest BCUT2D eigenvalue weighted by Gasteiger charge is -2.37. The lowest BCUT2D eigenvalue weighted by atomic mass is 9.94. The monoisotopic (exact) mass is 295 g/mol. The Morgan fingerprint density at radius 1 is 1.05 bits per heavy atom. The fourth-order valence-corrected chi connectivity index (χ4v) is 3.53. The van der Waals surface area contributed by atoms with Gasteiger partial charge in [0, 0.05) is 45.7 Å². The summed E-state index contributed by atoms with van der Waals surface area (Å²) >= 11 is 0. The molecular weight excluding hydrogens is 266 g/mol. The number of carbonyl (C=O) groups is 2. The topological polar surface area (TPSA) is 43.9 Å². The molecule has 5 nitrogen and oxygen atoms in total. The summed E-state index contributed by atoms with van der Waals surface area (Å²) in [5, 5.41) is 0. The molecule has 0 unspecified atom stereocenters. The van der Waals surface area contributed by atoms with Gasteiger partial charge in [-0.3, -0.25) is 14.5 Å². The smallest absolute Gasteiger partial charge is 0.236 e. The quantitative estimate of drug-likeness (QED) is 0.786. The highest BCUT2D eigenvalue weighted by molar-refractivity contribution is 5.78. The van der Waals surface area contributed by atoms with E-state index in [4.69, 9.17) is 0 Å². The van der Waals surface area contributed by atoms with Gasteiger partial charge in [-0.1, -0.05) is 19.3 Å². The van der Waals surface area contributed by atoms with Gasteiger partial charge in [0.25, 0.3) is 0 Å². The van der Waals surface area contributed by atoms with Crippen molar-refractivity contribution in [3.05, 3.63) is 0 Å². The van der Waals surface area contributed by atoms with Crippen molar-refractivity contribution in [3.63, 3.8) is 0 Å². The number of rotatable bonds is 4. The van der Waals surface area contributed by atoms with Crippen molar-refractivity contribution >= 4 is 11.8 Å². The zero-order valence-electron chi connectivity index (χ0n) is 13.5. The van der Waals surface area contributed by atoms with Crippen LogP contribution in [-0.2, 0) is 9.59 Å². The summed E-state index contributed by atoms with van der Waals surface area (Å²) in [4.78, 5) is 30.0. The third-order valence-electron chi connectivity index (χ3n) is 4.85. The van der Waals surface area contributed by atoms with Crippen LogP contribution in [0, 0.1) is 0 Å². The first kappa shape index (κ1) is 16.3. The highest BCUT2D eigenvalue weighted by Gasteiger charge is 2.26. The van der Waals surface area contributed by atoms with Crippen molar-refractivity contribution in [1.29, 1.82) is 0 Å². The molecule has 2 fully saturated rings. The van der Waals surface area contributed by atoms with Gasteiger partial charge < -0.3 is 9.80 Å². The van der Waals surface area contributed by atoms with Gasteiger partial charge in [0.15, 0.2) is 0 Å². The second-order valence-corrected chi connectivity index (χ2v) is 6.25. The number of carbonyl (C=O) groups excluding carboxylic acids is 2. The van der Waals surface area contributed by atoms with Gasteiger partial charge in [-0.2, -0.15) is 0 Å². The molecule has 2 aliphatic rings. The first-order chi connectivity index (χ1) is 10.1. The van der Waals surface area contributed by atoms with E-state index in [1.807, 2.05) is 4.90 Å². The SMILES string of the molecule is CCN(C(=O)CN1CCN(C(C)=O)CC1)C1CCCCC1. The lowest BCUT2D eigenvalue weighted by Crippen LogP contribution is -2.52. The summed E-state index contributed by atoms with van der Waals surface area (Å²) in [5.74, 6) is 0.402. The number of nitrogens with zero attached hydrogens (tertiary/aromatic N) is 3. The first-order valence-corrected chi connectivity index (χ1v) is 8.39. The van der Waals surface area contributed by atoms with Crippen LogP contribution in [0.5, 0.6) is 0 Å². The Labute approximate surface area is 128 Å². The van der Waals surface area contributed by atoms with E-state index in [0.29, 0.717) is 12.6 Å². The molecule has 0 N–H and O–H groups in total. The Hall–Kier alpha value is -1.10. The molecule has 0 bridgehead atoms. The Morgan fingerprint density at radius 2 is 1.67 bits per heavy atom. The molecule has 1 aliphatic heterocycles. The van der Waals surface area contributed by atoms with Gasteiger partial charge in [-0.05, 0) is 19.8 Å². The normalized spacial score (nSPS) is 21.3. The summed E-state index contributed by atoms with van der Waals surface area (Å²) in [6.07, 6.45) is 6.15. The summed E-state index contributed by atoms with van der Waals surface area (Å²) in [5.41, 5.74) is 0. The first-order valence-electron chi connectivity index (χ1n) is 8.39. The zero-order valence-corrected chi connectivity index (χ0v) is 13.5. The molecule has 0 radical (unpaired) electrons. The van der Waals surface area contributed by atoms with Crippen molar-refractivity contribution in [2.75, 3.05) is 39.3 Å². The number of amides is 2.